The molecule has 4 aromatic rings. The third-order valence-electron chi connectivity index (χ3n) is 13.4. The van der Waals surface area contributed by atoms with Gasteiger partial charge in [0, 0.05) is 75.3 Å². The summed E-state index contributed by atoms with van der Waals surface area (Å²) < 4.78 is 35.4. The van der Waals surface area contributed by atoms with E-state index in [4.69, 9.17) is 60.7 Å². The van der Waals surface area contributed by atoms with Crippen LogP contribution in [0.2, 0.25) is 10.0 Å². The number of hydrogen-bond donors (Lipinski definition) is 2. The summed E-state index contributed by atoms with van der Waals surface area (Å²) in [5, 5.41) is 17.9. The Morgan fingerprint density at radius 1 is 0.594 bits per heavy atom. The Kier molecular flexibility index (Phi) is 13.1. The van der Waals surface area contributed by atoms with Crippen LogP contribution in [0.25, 0.3) is 22.9 Å². The van der Waals surface area contributed by atoms with E-state index >= 15 is 0 Å². The molecule has 2 aromatic heterocycles. The third kappa shape index (κ3) is 9.35. The first kappa shape index (κ1) is 43.2. The number of aromatic nitrogens is 4. The predicted molar refractivity (Wildman–Crippen MR) is 231 cm³/mol. The molecule has 10 rings (SSSR count). The fourth-order valence-electron chi connectivity index (χ4n) is 9.83. The van der Waals surface area contributed by atoms with Gasteiger partial charge in [-0.25, -0.2) is 20.5 Å². The highest BCUT2D eigenvalue weighted by atomic mass is 35.5. The van der Waals surface area contributed by atoms with Gasteiger partial charge >= 0.3 is 11.9 Å². The highest BCUT2D eigenvalue weighted by molar-refractivity contribution is 6.35. The van der Waals surface area contributed by atoms with Gasteiger partial charge in [0.05, 0.1) is 45.8 Å². The number of benzene rings is 2. The molecular formula is C44H52Cl2N8O10. The summed E-state index contributed by atoms with van der Waals surface area (Å²) in [7, 11) is 0. The van der Waals surface area contributed by atoms with Crippen LogP contribution in [0.3, 0.4) is 0 Å². The Morgan fingerprint density at radius 3 is 1.41 bits per heavy atom. The molecule has 64 heavy (non-hydrogen) atoms. The average molecular weight is 924 g/mol. The van der Waals surface area contributed by atoms with Crippen LogP contribution in [-0.4, -0.2) is 121 Å². The maximum absolute atomic E-state index is 12.9. The van der Waals surface area contributed by atoms with Gasteiger partial charge in [-0.2, -0.15) is 0 Å². The van der Waals surface area contributed by atoms with Crippen LogP contribution in [0.15, 0.2) is 21.0 Å². The van der Waals surface area contributed by atoms with Crippen molar-refractivity contribution in [2.75, 3.05) is 89.9 Å². The molecule has 0 atom stereocenters. The van der Waals surface area contributed by atoms with Gasteiger partial charge in [-0.3, -0.25) is 0 Å². The van der Waals surface area contributed by atoms with E-state index in [9.17, 15) is 9.59 Å². The molecule has 0 bridgehead atoms. The van der Waals surface area contributed by atoms with Gasteiger partial charge in [0.1, 0.15) is 11.5 Å². The number of hydrogen-bond acceptors (Lipinski definition) is 18. The van der Waals surface area contributed by atoms with Crippen molar-refractivity contribution in [3.63, 3.8) is 0 Å². The minimum Gasteiger partial charge on any atom is -0.492 e. The van der Waals surface area contributed by atoms with E-state index in [1.807, 2.05) is 0 Å². The lowest BCUT2D eigenvalue weighted by molar-refractivity contribution is -0.164. The van der Waals surface area contributed by atoms with Crippen molar-refractivity contribution in [3.8, 4) is 34.4 Å². The monoisotopic (exact) mass is 922 g/mol. The molecule has 6 aliphatic rings. The van der Waals surface area contributed by atoms with Crippen molar-refractivity contribution in [2.45, 2.75) is 76.0 Å². The van der Waals surface area contributed by atoms with Crippen molar-refractivity contribution in [2.24, 2.45) is 11.8 Å². The van der Waals surface area contributed by atoms with Crippen LogP contribution in [-0.2, 0) is 41.6 Å². The number of rotatable bonds is 12. The molecule has 20 heteroatoms. The van der Waals surface area contributed by atoms with Crippen molar-refractivity contribution in [1.29, 1.82) is 0 Å². The Labute approximate surface area is 379 Å². The predicted octanol–water partition coefficient (Wildman–Crippen LogP) is 6.62. The molecule has 18 nitrogen and oxygen atoms in total. The lowest BCUT2D eigenvalue weighted by atomic mass is 9.94. The molecule has 4 fully saturated rings. The Bertz CT molecular complexity index is 2160. The lowest BCUT2D eigenvalue weighted by Crippen LogP contribution is -2.38. The van der Waals surface area contributed by atoms with E-state index in [0.717, 1.165) is 117 Å². The average Bonchev–Trinajstić information content (AvgIpc) is 4.18. The second-order valence-corrected chi connectivity index (χ2v) is 18.3. The molecule has 8 heterocycles. The SMILES string of the molecule is O=C(ONc1c(Cl)cc(-c2nnc(C3CCN(CC4CCOCC4)CC3)o2)c2c1CCO2)C(=O)ONc1c(Cl)cc(-c2nnc(C3CCN(CC4CCOCC4)CC3)o2)c2c1CCO2. The largest absolute Gasteiger partial charge is 0.492 e. The molecule has 0 unspecified atom stereocenters. The smallest absolute Gasteiger partial charge is 0.443 e. The van der Waals surface area contributed by atoms with Gasteiger partial charge < -0.3 is 47.3 Å². The fraction of sp³-hybridized carbons (Fsp3) is 0.591. The highest BCUT2D eigenvalue weighted by Gasteiger charge is 2.34. The van der Waals surface area contributed by atoms with E-state index in [1.165, 1.54) is 0 Å². The maximum atomic E-state index is 12.9. The summed E-state index contributed by atoms with van der Waals surface area (Å²) in [5.74, 6) is 1.72. The number of ether oxygens (including phenoxy) is 4. The first-order valence-corrected chi connectivity index (χ1v) is 23.3. The summed E-state index contributed by atoms with van der Waals surface area (Å²) in [6.07, 6.45) is 9.11. The molecule has 0 amide bonds. The zero-order valence-electron chi connectivity index (χ0n) is 35.5. The first-order chi connectivity index (χ1) is 31.3. The Morgan fingerprint density at radius 2 is 1.00 bits per heavy atom. The number of piperidine rings is 2. The fourth-order valence-corrected chi connectivity index (χ4v) is 10.4. The number of anilines is 2. The van der Waals surface area contributed by atoms with Crippen molar-refractivity contribution < 1.29 is 47.0 Å². The van der Waals surface area contributed by atoms with Gasteiger partial charge in [0.15, 0.2) is 0 Å². The van der Waals surface area contributed by atoms with Gasteiger partial charge in [0.2, 0.25) is 11.8 Å². The molecular weight excluding hydrogens is 871 g/mol. The van der Waals surface area contributed by atoms with Crippen molar-refractivity contribution in [3.05, 3.63) is 45.1 Å². The maximum Gasteiger partial charge on any atom is 0.443 e. The van der Waals surface area contributed by atoms with E-state index in [-0.39, 0.29) is 45.0 Å². The standard InChI is InChI=1S/C44H52Cl2N8O10/c45-33-21-31(41-49-47-39(61-41)27-1-11-53(12-2-27)23-25-5-15-57-16-6-25)37-29(9-19-59-37)35(33)51-63-43(55)44(56)64-52-36-30-10-20-60-38(30)32(22-34(36)46)42-50-48-40(62-42)28-3-13-54(14-4-28)24-26-7-17-58-18-8-26/h21-22,25-28,51-52H,1-20,23-24H2. The minimum atomic E-state index is -1.34. The first-order valence-electron chi connectivity index (χ1n) is 22.5. The van der Waals surface area contributed by atoms with Crippen molar-refractivity contribution >= 4 is 46.5 Å². The normalized spacial score (nSPS) is 20.3. The van der Waals surface area contributed by atoms with Gasteiger partial charge in [-0.15, -0.1) is 20.4 Å². The minimum absolute atomic E-state index is 0.159. The molecule has 342 valence electrons. The summed E-state index contributed by atoms with van der Waals surface area (Å²) in [5.41, 5.74) is 7.93. The number of carbonyl (C=O) groups is 2. The molecule has 6 aliphatic heterocycles. The highest BCUT2D eigenvalue weighted by Crippen LogP contribution is 2.47. The number of halogens is 2. The quantitative estimate of drug-likeness (QED) is 0.114. The van der Waals surface area contributed by atoms with Crippen LogP contribution in [0, 0.1) is 11.8 Å². The number of nitrogens with one attached hydrogen (secondary N) is 2. The Balaban J connectivity index is 0.735. The summed E-state index contributed by atoms with van der Waals surface area (Å²) in [6, 6.07) is 3.22. The third-order valence-corrected chi connectivity index (χ3v) is 14.0. The van der Waals surface area contributed by atoms with Crippen LogP contribution in [0.1, 0.15) is 86.1 Å². The van der Waals surface area contributed by atoms with Gasteiger partial charge in [0.25, 0.3) is 11.8 Å². The number of carbonyl (C=O) groups excluding carboxylic acids is 2. The van der Waals surface area contributed by atoms with Gasteiger partial charge in [-0.1, -0.05) is 23.2 Å². The lowest BCUT2D eigenvalue weighted by Gasteiger charge is -2.34. The summed E-state index contributed by atoms with van der Waals surface area (Å²) >= 11 is 13.5. The van der Waals surface area contributed by atoms with Crippen LogP contribution < -0.4 is 20.4 Å². The zero-order chi connectivity index (χ0) is 43.6. The number of likely N-dealkylation sites (tertiary alicyclic amines) is 2. The van der Waals surface area contributed by atoms with Crippen LogP contribution in [0.5, 0.6) is 11.5 Å². The molecule has 0 spiro atoms. The summed E-state index contributed by atoms with van der Waals surface area (Å²) in [4.78, 5) is 41.2. The second kappa shape index (κ2) is 19.4. The Hall–Kier alpha value is -4.72. The molecule has 2 aromatic carbocycles. The van der Waals surface area contributed by atoms with E-state index in [1.54, 1.807) is 12.1 Å². The number of fused-ring (bicyclic) bond motifs is 2. The topological polar surface area (TPSA) is 198 Å². The summed E-state index contributed by atoms with van der Waals surface area (Å²) in [6.45, 7) is 10.2. The molecule has 0 saturated carbocycles. The van der Waals surface area contributed by atoms with Crippen LogP contribution >= 0.6 is 23.2 Å². The molecule has 2 N–H and O–H groups in total. The van der Waals surface area contributed by atoms with E-state index in [0.29, 0.717) is 83.4 Å². The van der Waals surface area contributed by atoms with Crippen molar-refractivity contribution in [1.82, 2.24) is 30.2 Å². The van der Waals surface area contributed by atoms with Crippen LogP contribution in [0.4, 0.5) is 11.4 Å². The van der Waals surface area contributed by atoms with E-state index in [2.05, 4.69) is 41.2 Å². The molecule has 0 aliphatic carbocycles. The molecule has 0 radical (unpaired) electrons. The molecule has 4 saturated heterocycles. The van der Waals surface area contributed by atoms with E-state index < -0.39 is 11.9 Å². The zero-order valence-corrected chi connectivity index (χ0v) is 37.1. The number of nitrogens with zero attached hydrogens (tertiary/aromatic N) is 6. The van der Waals surface area contributed by atoms with Gasteiger partial charge in [-0.05, 0) is 102 Å². The second-order valence-electron chi connectivity index (χ2n) is 17.5.